The second kappa shape index (κ2) is 7.50. The molecule has 1 aliphatic heterocycles. The van der Waals surface area contributed by atoms with Crippen LogP contribution < -0.4 is 10.5 Å². The lowest BCUT2D eigenvalue weighted by atomic mass is 9.99. The summed E-state index contributed by atoms with van der Waals surface area (Å²) < 4.78 is 32.5. The molecule has 1 saturated heterocycles. The van der Waals surface area contributed by atoms with Gasteiger partial charge in [0.15, 0.2) is 0 Å². The van der Waals surface area contributed by atoms with Gasteiger partial charge in [-0.3, -0.25) is 4.79 Å². The van der Waals surface area contributed by atoms with E-state index in [4.69, 9.17) is 15.6 Å². The first-order valence-corrected chi connectivity index (χ1v) is 9.38. The van der Waals surface area contributed by atoms with Gasteiger partial charge in [-0.1, -0.05) is 19.4 Å². The first-order chi connectivity index (χ1) is 11.3. The predicted molar refractivity (Wildman–Crippen MR) is 89.5 cm³/mol. The number of sulfonamides is 1. The lowest BCUT2D eigenvalue weighted by Gasteiger charge is -2.19. The van der Waals surface area contributed by atoms with Crippen LogP contribution in [0.2, 0.25) is 0 Å². The van der Waals surface area contributed by atoms with Gasteiger partial charge in [0.25, 0.3) is 0 Å². The number of benzene rings is 1. The summed E-state index contributed by atoms with van der Waals surface area (Å²) in [6.07, 6.45) is 1.58. The number of methoxy groups -OCH3 is 1. The largest absolute Gasteiger partial charge is 0.495 e. The zero-order chi connectivity index (χ0) is 17.9. The number of carboxylic acids is 1. The Balaban J connectivity index is 2.36. The molecule has 7 nitrogen and oxygen atoms in total. The Kier molecular flexibility index (Phi) is 5.84. The van der Waals surface area contributed by atoms with Crippen LogP contribution in [0, 0.1) is 5.92 Å². The third-order valence-electron chi connectivity index (χ3n) is 4.32. The van der Waals surface area contributed by atoms with Crippen molar-refractivity contribution in [1.82, 2.24) is 4.31 Å². The van der Waals surface area contributed by atoms with E-state index >= 15 is 0 Å². The molecular formula is C16H24N2O5S. The number of ether oxygens (including phenoxy) is 1. The van der Waals surface area contributed by atoms with Gasteiger partial charge in [0.05, 0.1) is 13.5 Å². The summed E-state index contributed by atoms with van der Waals surface area (Å²) >= 11 is 0. The minimum absolute atomic E-state index is 0.00639. The normalized spacial score (nSPS) is 21.8. The maximum atomic E-state index is 13.0. The first-order valence-electron chi connectivity index (χ1n) is 7.94. The lowest BCUT2D eigenvalue weighted by Crippen LogP contribution is -2.32. The maximum Gasteiger partial charge on any atom is 0.307 e. The van der Waals surface area contributed by atoms with Crippen molar-refractivity contribution in [2.75, 3.05) is 20.2 Å². The average Bonchev–Trinajstić information content (AvgIpc) is 2.89. The second-order valence-electron chi connectivity index (χ2n) is 6.09. The van der Waals surface area contributed by atoms with Crippen molar-refractivity contribution < 1.29 is 23.1 Å². The van der Waals surface area contributed by atoms with E-state index in [1.54, 1.807) is 6.07 Å². The standard InChI is InChI=1S/C16H24N2O5S/c1-3-4-12-9-18(10-13(12)17)24(21,22)15-7-11(8-16(19)20)5-6-14(15)23-2/h5-7,12-13H,3-4,8-10,17H2,1-2H3,(H,19,20)/t12-,13-/m1/s1. The predicted octanol–water partition coefficient (Wildman–Crippen LogP) is 1.07. The van der Waals surface area contributed by atoms with Crippen molar-refractivity contribution in [2.24, 2.45) is 11.7 Å². The fraction of sp³-hybridized carbons (Fsp3) is 0.562. The number of aliphatic carboxylic acids is 1. The Bertz CT molecular complexity index is 704. The molecule has 0 bridgehead atoms. The number of nitrogens with two attached hydrogens (primary N) is 1. The monoisotopic (exact) mass is 356 g/mol. The lowest BCUT2D eigenvalue weighted by molar-refractivity contribution is -0.136. The molecule has 1 aliphatic rings. The molecule has 1 aromatic carbocycles. The molecule has 3 N–H and O–H groups in total. The number of nitrogens with zero attached hydrogens (tertiary/aromatic N) is 1. The number of rotatable bonds is 7. The summed E-state index contributed by atoms with van der Waals surface area (Å²) in [7, 11) is -2.40. The van der Waals surface area contributed by atoms with Crippen LogP contribution >= 0.6 is 0 Å². The molecule has 0 amide bonds. The number of hydrogen-bond donors (Lipinski definition) is 2. The highest BCUT2D eigenvalue weighted by molar-refractivity contribution is 7.89. The molecule has 0 aliphatic carbocycles. The second-order valence-corrected chi connectivity index (χ2v) is 8.00. The van der Waals surface area contributed by atoms with Crippen LogP contribution in [0.3, 0.4) is 0 Å². The van der Waals surface area contributed by atoms with Gasteiger partial charge in [0.2, 0.25) is 10.0 Å². The molecular weight excluding hydrogens is 332 g/mol. The van der Waals surface area contributed by atoms with Crippen LogP contribution in [0.1, 0.15) is 25.3 Å². The molecule has 0 saturated carbocycles. The van der Waals surface area contributed by atoms with Crippen molar-refractivity contribution in [3.05, 3.63) is 23.8 Å². The first kappa shape index (κ1) is 18.7. The molecule has 1 fully saturated rings. The summed E-state index contributed by atoms with van der Waals surface area (Å²) in [4.78, 5) is 10.9. The molecule has 1 heterocycles. The molecule has 0 aromatic heterocycles. The van der Waals surface area contributed by atoms with Crippen molar-refractivity contribution >= 4 is 16.0 Å². The summed E-state index contributed by atoms with van der Waals surface area (Å²) in [6.45, 7) is 2.69. The Hall–Kier alpha value is -1.64. The van der Waals surface area contributed by atoms with Gasteiger partial charge in [-0.25, -0.2) is 8.42 Å². The number of carbonyl (C=O) groups is 1. The topological polar surface area (TPSA) is 110 Å². The third-order valence-corrected chi connectivity index (χ3v) is 6.17. The number of hydrogen-bond acceptors (Lipinski definition) is 5. The van der Waals surface area contributed by atoms with Crippen LogP contribution in [0.15, 0.2) is 23.1 Å². The van der Waals surface area contributed by atoms with E-state index in [0.717, 1.165) is 12.8 Å². The minimum Gasteiger partial charge on any atom is -0.495 e. The molecule has 24 heavy (non-hydrogen) atoms. The summed E-state index contributed by atoms with van der Waals surface area (Å²) in [5.74, 6) is -0.677. The smallest absolute Gasteiger partial charge is 0.307 e. The summed E-state index contributed by atoms with van der Waals surface area (Å²) in [5, 5.41) is 8.92. The van der Waals surface area contributed by atoms with Gasteiger partial charge in [-0.15, -0.1) is 0 Å². The average molecular weight is 356 g/mol. The van der Waals surface area contributed by atoms with Crippen molar-refractivity contribution in [1.29, 1.82) is 0 Å². The number of carboxylic acid groups (broad SMARTS) is 1. The van der Waals surface area contributed by atoms with Crippen molar-refractivity contribution in [3.63, 3.8) is 0 Å². The van der Waals surface area contributed by atoms with Crippen LogP contribution in [0.5, 0.6) is 5.75 Å². The van der Waals surface area contributed by atoms with Crippen LogP contribution in [0.4, 0.5) is 0 Å². The van der Waals surface area contributed by atoms with Gasteiger partial charge < -0.3 is 15.6 Å². The van der Waals surface area contributed by atoms with E-state index in [1.807, 2.05) is 6.92 Å². The maximum absolute atomic E-state index is 13.0. The quantitative estimate of drug-likeness (QED) is 0.756. The van der Waals surface area contributed by atoms with Crippen LogP contribution in [-0.4, -0.2) is 50.0 Å². The molecule has 2 rings (SSSR count). The highest BCUT2D eigenvalue weighted by atomic mass is 32.2. The Morgan fingerprint density at radius 1 is 1.42 bits per heavy atom. The van der Waals surface area contributed by atoms with Crippen molar-refractivity contribution in [3.8, 4) is 5.75 Å². The summed E-state index contributed by atoms with van der Waals surface area (Å²) in [5.41, 5.74) is 6.49. The molecule has 2 atom stereocenters. The Morgan fingerprint density at radius 2 is 2.12 bits per heavy atom. The van der Waals surface area contributed by atoms with Gasteiger partial charge in [-0.2, -0.15) is 4.31 Å². The molecule has 0 radical (unpaired) electrons. The van der Waals surface area contributed by atoms with E-state index in [2.05, 4.69) is 0 Å². The SMILES string of the molecule is CCC[C@@H]1CN(S(=O)(=O)c2cc(CC(=O)O)ccc2OC)C[C@H]1N. The van der Waals surface area contributed by atoms with E-state index < -0.39 is 16.0 Å². The zero-order valence-electron chi connectivity index (χ0n) is 13.9. The van der Waals surface area contributed by atoms with Gasteiger partial charge in [-0.05, 0) is 30.0 Å². The van der Waals surface area contributed by atoms with E-state index in [0.29, 0.717) is 12.1 Å². The molecule has 1 aromatic rings. The van der Waals surface area contributed by atoms with Gasteiger partial charge in [0.1, 0.15) is 10.6 Å². The van der Waals surface area contributed by atoms with Gasteiger partial charge in [0, 0.05) is 19.1 Å². The third kappa shape index (κ3) is 3.88. The fourth-order valence-corrected chi connectivity index (χ4v) is 4.81. The summed E-state index contributed by atoms with van der Waals surface area (Å²) in [6, 6.07) is 4.24. The highest BCUT2D eigenvalue weighted by Gasteiger charge is 2.38. The fourth-order valence-electron chi connectivity index (χ4n) is 3.07. The van der Waals surface area contributed by atoms with E-state index in [-0.39, 0.29) is 35.6 Å². The Labute approximate surface area is 142 Å². The highest BCUT2D eigenvalue weighted by Crippen LogP contribution is 2.32. The zero-order valence-corrected chi connectivity index (χ0v) is 14.8. The molecule has 134 valence electrons. The van der Waals surface area contributed by atoms with E-state index in [1.165, 1.54) is 23.5 Å². The minimum atomic E-state index is -3.79. The Morgan fingerprint density at radius 3 is 2.71 bits per heavy atom. The van der Waals surface area contributed by atoms with Crippen LogP contribution in [0.25, 0.3) is 0 Å². The van der Waals surface area contributed by atoms with E-state index in [9.17, 15) is 13.2 Å². The molecule has 0 unspecified atom stereocenters. The molecule has 0 spiro atoms. The van der Waals surface area contributed by atoms with Crippen LogP contribution in [-0.2, 0) is 21.2 Å². The molecule has 8 heteroatoms. The van der Waals surface area contributed by atoms with Crippen molar-refractivity contribution in [2.45, 2.75) is 37.1 Å². The van der Waals surface area contributed by atoms with Gasteiger partial charge >= 0.3 is 5.97 Å².